The summed E-state index contributed by atoms with van der Waals surface area (Å²) in [5.74, 6) is -1.33. The molecule has 1 fully saturated rings. The molecule has 1 aliphatic rings. The van der Waals surface area contributed by atoms with Crippen LogP contribution in [0.2, 0.25) is 10.0 Å². The van der Waals surface area contributed by atoms with Crippen molar-refractivity contribution in [1.29, 1.82) is 0 Å². The minimum absolute atomic E-state index is 0.120. The molecule has 0 bridgehead atoms. The number of hydrogen-bond acceptors (Lipinski definition) is 4. The summed E-state index contributed by atoms with van der Waals surface area (Å²) >= 11 is 11.6. The number of carboxylic acid groups (broad SMARTS) is 1. The van der Waals surface area contributed by atoms with Crippen LogP contribution in [0.15, 0.2) is 17.0 Å². The summed E-state index contributed by atoms with van der Waals surface area (Å²) in [5, 5.41) is 8.72. The molecule has 1 aliphatic heterocycles. The number of ether oxygens (including phenoxy) is 1. The number of carboxylic acids is 1. The summed E-state index contributed by atoms with van der Waals surface area (Å²) in [7, 11) is -3.93. The highest BCUT2D eigenvalue weighted by Crippen LogP contribution is 2.29. The molecule has 0 amide bonds. The van der Waals surface area contributed by atoms with Crippen LogP contribution >= 0.6 is 23.2 Å². The van der Waals surface area contributed by atoms with Crippen molar-refractivity contribution in [3.05, 3.63) is 27.7 Å². The maximum Gasteiger partial charge on any atom is 0.337 e. The molecular weight excluding hydrogens is 329 g/mol. The lowest BCUT2D eigenvalue weighted by molar-refractivity contribution is 0.0697. The number of hydrogen-bond donors (Lipinski definition) is 2. The fourth-order valence-corrected chi connectivity index (χ4v) is 3.92. The van der Waals surface area contributed by atoms with Gasteiger partial charge in [0.1, 0.15) is 4.90 Å². The fourth-order valence-electron chi connectivity index (χ4n) is 1.81. The summed E-state index contributed by atoms with van der Waals surface area (Å²) < 4.78 is 31.9. The maximum atomic E-state index is 12.2. The molecule has 110 valence electrons. The fraction of sp³-hybridized carbons (Fsp3) is 0.364. The van der Waals surface area contributed by atoms with Crippen molar-refractivity contribution in [3.63, 3.8) is 0 Å². The second kappa shape index (κ2) is 5.87. The van der Waals surface area contributed by atoms with Crippen molar-refractivity contribution in [2.45, 2.75) is 17.4 Å². The second-order valence-electron chi connectivity index (χ2n) is 4.25. The van der Waals surface area contributed by atoms with Gasteiger partial charge in [-0.2, -0.15) is 0 Å². The van der Waals surface area contributed by atoms with E-state index in [1.165, 1.54) is 0 Å². The number of carbonyl (C=O) groups is 1. The average molecular weight is 340 g/mol. The molecule has 1 unspecified atom stereocenters. The van der Waals surface area contributed by atoms with Crippen LogP contribution in [0.25, 0.3) is 0 Å². The van der Waals surface area contributed by atoms with Gasteiger partial charge in [-0.3, -0.25) is 0 Å². The average Bonchev–Trinajstić information content (AvgIpc) is 2.79. The zero-order valence-corrected chi connectivity index (χ0v) is 12.4. The molecule has 9 heteroatoms. The Labute approximate surface area is 125 Å². The van der Waals surface area contributed by atoms with Crippen molar-refractivity contribution in [2.75, 3.05) is 13.2 Å². The van der Waals surface area contributed by atoms with E-state index in [9.17, 15) is 13.2 Å². The molecular formula is C11H11Cl2NO5S. The van der Waals surface area contributed by atoms with Gasteiger partial charge in [0.05, 0.1) is 22.2 Å². The van der Waals surface area contributed by atoms with Gasteiger partial charge in [-0.1, -0.05) is 23.2 Å². The standard InChI is InChI=1S/C11H11Cl2NO5S/c12-8-4-9(13)10(3-7(8)11(15)16)20(17,18)14-6-1-2-19-5-6/h3-4,6,14H,1-2,5H2,(H,15,16). The van der Waals surface area contributed by atoms with Crippen molar-refractivity contribution >= 4 is 39.2 Å². The van der Waals surface area contributed by atoms with E-state index in [0.29, 0.717) is 13.0 Å². The third-order valence-electron chi connectivity index (χ3n) is 2.79. The molecule has 1 aromatic rings. The van der Waals surface area contributed by atoms with Crippen LogP contribution in [0, 0.1) is 0 Å². The van der Waals surface area contributed by atoms with Gasteiger partial charge in [0.25, 0.3) is 0 Å². The molecule has 6 nitrogen and oxygen atoms in total. The molecule has 20 heavy (non-hydrogen) atoms. The van der Waals surface area contributed by atoms with Gasteiger partial charge in [0, 0.05) is 12.6 Å². The van der Waals surface area contributed by atoms with Crippen molar-refractivity contribution < 1.29 is 23.1 Å². The van der Waals surface area contributed by atoms with Gasteiger partial charge in [-0.15, -0.1) is 0 Å². The quantitative estimate of drug-likeness (QED) is 0.871. The normalized spacial score (nSPS) is 19.2. The van der Waals surface area contributed by atoms with E-state index in [1.54, 1.807) is 0 Å². The van der Waals surface area contributed by atoms with Crippen LogP contribution in [0.4, 0.5) is 0 Å². The van der Waals surface area contributed by atoms with E-state index >= 15 is 0 Å². The maximum absolute atomic E-state index is 12.2. The lowest BCUT2D eigenvalue weighted by atomic mass is 10.2. The zero-order chi connectivity index (χ0) is 14.9. The van der Waals surface area contributed by atoms with Gasteiger partial charge in [0.2, 0.25) is 10.0 Å². The van der Waals surface area contributed by atoms with Crippen LogP contribution in [-0.4, -0.2) is 38.7 Å². The first-order chi connectivity index (χ1) is 9.31. The first-order valence-corrected chi connectivity index (χ1v) is 7.87. The smallest absolute Gasteiger partial charge is 0.337 e. The molecule has 0 radical (unpaired) electrons. The van der Waals surface area contributed by atoms with Crippen LogP contribution in [0.1, 0.15) is 16.8 Å². The number of sulfonamides is 1. The van der Waals surface area contributed by atoms with E-state index < -0.39 is 16.0 Å². The molecule has 1 atom stereocenters. The van der Waals surface area contributed by atoms with E-state index in [1.807, 2.05) is 0 Å². The summed E-state index contributed by atoms with van der Waals surface area (Å²) in [4.78, 5) is 10.7. The third-order valence-corrected chi connectivity index (χ3v) is 5.09. The predicted molar refractivity (Wildman–Crippen MR) is 73.0 cm³/mol. The number of rotatable bonds is 4. The Morgan fingerprint density at radius 1 is 1.35 bits per heavy atom. The van der Waals surface area contributed by atoms with Crippen molar-refractivity contribution in [2.24, 2.45) is 0 Å². The first-order valence-electron chi connectivity index (χ1n) is 5.63. The molecule has 1 saturated heterocycles. The van der Waals surface area contributed by atoms with E-state index in [0.717, 1.165) is 12.1 Å². The lowest BCUT2D eigenvalue weighted by Crippen LogP contribution is -2.35. The van der Waals surface area contributed by atoms with Crippen LogP contribution in [0.3, 0.4) is 0 Å². The highest BCUT2D eigenvalue weighted by atomic mass is 35.5. The largest absolute Gasteiger partial charge is 0.478 e. The number of halogens is 2. The summed E-state index contributed by atoms with van der Waals surface area (Å²) in [6.45, 7) is 0.748. The summed E-state index contributed by atoms with van der Waals surface area (Å²) in [6, 6.07) is 1.71. The molecule has 0 saturated carbocycles. The Balaban J connectivity index is 2.40. The highest BCUT2D eigenvalue weighted by molar-refractivity contribution is 7.89. The number of nitrogens with one attached hydrogen (secondary N) is 1. The molecule has 2 N–H and O–H groups in total. The van der Waals surface area contributed by atoms with Gasteiger partial charge >= 0.3 is 5.97 Å². The molecule has 1 aromatic carbocycles. The minimum Gasteiger partial charge on any atom is -0.478 e. The second-order valence-corrected chi connectivity index (χ2v) is 6.75. The van der Waals surface area contributed by atoms with Gasteiger partial charge < -0.3 is 9.84 Å². The Hall–Kier alpha value is -0.860. The lowest BCUT2D eigenvalue weighted by Gasteiger charge is -2.13. The predicted octanol–water partition coefficient (Wildman–Crippen LogP) is 1.76. The number of benzene rings is 1. The topological polar surface area (TPSA) is 92.7 Å². The monoisotopic (exact) mass is 339 g/mol. The van der Waals surface area contributed by atoms with Crippen molar-refractivity contribution in [1.82, 2.24) is 4.72 Å². The molecule has 0 aromatic heterocycles. The van der Waals surface area contributed by atoms with E-state index in [-0.39, 0.29) is 33.2 Å². The Bertz CT molecular complexity index is 640. The summed E-state index contributed by atoms with van der Waals surface area (Å²) in [5.41, 5.74) is -0.320. The van der Waals surface area contributed by atoms with E-state index in [4.69, 9.17) is 33.0 Å². The van der Waals surface area contributed by atoms with Crippen LogP contribution < -0.4 is 4.72 Å². The molecule has 2 rings (SSSR count). The number of aromatic carboxylic acids is 1. The third kappa shape index (κ3) is 3.24. The van der Waals surface area contributed by atoms with Crippen molar-refractivity contribution in [3.8, 4) is 0 Å². The van der Waals surface area contributed by atoms with Gasteiger partial charge in [0.15, 0.2) is 0 Å². The Morgan fingerprint density at radius 3 is 2.60 bits per heavy atom. The minimum atomic E-state index is -3.93. The van der Waals surface area contributed by atoms with Crippen LogP contribution in [0.5, 0.6) is 0 Å². The van der Waals surface area contributed by atoms with Crippen LogP contribution in [-0.2, 0) is 14.8 Å². The summed E-state index contributed by atoms with van der Waals surface area (Å²) in [6.07, 6.45) is 0.552. The van der Waals surface area contributed by atoms with E-state index in [2.05, 4.69) is 4.72 Å². The first kappa shape index (κ1) is 15.5. The Morgan fingerprint density at radius 2 is 2.05 bits per heavy atom. The van der Waals surface area contributed by atoms with Gasteiger partial charge in [-0.25, -0.2) is 17.9 Å². The zero-order valence-electron chi connectivity index (χ0n) is 10.1. The molecule has 0 spiro atoms. The highest BCUT2D eigenvalue weighted by Gasteiger charge is 2.27. The van der Waals surface area contributed by atoms with Gasteiger partial charge in [-0.05, 0) is 18.6 Å². The SMILES string of the molecule is O=C(O)c1cc(S(=O)(=O)NC2CCOC2)c(Cl)cc1Cl. The molecule has 0 aliphatic carbocycles. The Kier molecular flexibility index (Phi) is 4.55. The molecule has 1 heterocycles.